The van der Waals surface area contributed by atoms with Gasteiger partial charge in [-0.15, -0.1) is 0 Å². The lowest BCUT2D eigenvalue weighted by atomic mass is 10.1. The molecule has 0 aliphatic rings. The van der Waals surface area contributed by atoms with E-state index in [0.717, 1.165) is 0 Å². The van der Waals surface area contributed by atoms with Gasteiger partial charge in [-0.1, -0.05) is 17.7 Å². The first-order valence-electron chi connectivity index (χ1n) is 8.07. The number of aryl methyl sites for hydroxylation is 1. The Balaban J connectivity index is 1.96. The minimum Gasteiger partial charge on any atom is -0.318 e. The van der Waals surface area contributed by atoms with Crippen molar-refractivity contribution in [3.8, 4) is 5.69 Å². The Morgan fingerprint density at radius 2 is 1.85 bits per heavy atom. The lowest BCUT2D eigenvalue weighted by Gasteiger charge is -2.13. The van der Waals surface area contributed by atoms with Gasteiger partial charge in [0.15, 0.2) is 11.2 Å². The lowest BCUT2D eigenvalue weighted by Crippen LogP contribution is -2.24. The molecule has 0 unspecified atom stereocenters. The fourth-order valence-corrected chi connectivity index (χ4v) is 3.07. The van der Waals surface area contributed by atoms with E-state index in [4.69, 9.17) is 11.6 Å². The molecule has 5 nitrogen and oxygen atoms in total. The zero-order chi connectivity index (χ0) is 19.1. The molecule has 0 spiro atoms. The van der Waals surface area contributed by atoms with E-state index in [-0.39, 0.29) is 17.0 Å². The standard InChI is InChI=1S/C19H13ClF2N4O/c1-25-10-23-17-18(25)24-16(8-11-2-3-12(20)9-15(11)22)26(19(17)27)14-6-4-13(21)5-7-14/h2-7,9-10H,8H2,1H3. The molecule has 0 bridgehead atoms. The molecule has 0 aliphatic carbocycles. The molecule has 4 aromatic rings. The summed E-state index contributed by atoms with van der Waals surface area (Å²) in [5, 5.41) is 0.280. The van der Waals surface area contributed by atoms with Crippen molar-refractivity contribution in [3.63, 3.8) is 0 Å². The molecule has 0 aliphatic heterocycles. The highest BCUT2D eigenvalue weighted by Crippen LogP contribution is 2.20. The van der Waals surface area contributed by atoms with Crippen LogP contribution in [-0.4, -0.2) is 19.1 Å². The minimum atomic E-state index is -0.493. The third-order valence-corrected chi connectivity index (χ3v) is 4.49. The lowest BCUT2D eigenvalue weighted by molar-refractivity contribution is 0.610. The molecule has 136 valence electrons. The molecular weight excluding hydrogens is 374 g/mol. The van der Waals surface area contributed by atoms with Gasteiger partial charge in [0.25, 0.3) is 5.56 Å². The van der Waals surface area contributed by atoms with Crippen molar-refractivity contribution in [1.82, 2.24) is 19.1 Å². The van der Waals surface area contributed by atoms with Crippen LogP contribution >= 0.6 is 11.6 Å². The summed E-state index contributed by atoms with van der Waals surface area (Å²) in [5.41, 5.74) is 0.927. The average Bonchev–Trinajstić information content (AvgIpc) is 3.00. The minimum absolute atomic E-state index is 0.0523. The van der Waals surface area contributed by atoms with E-state index in [0.29, 0.717) is 22.7 Å². The van der Waals surface area contributed by atoms with Crippen LogP contribution in [0.1, 0.15) is 11.4 Å². The van der Waals surface area contributed by atoms with Crippen molar-refractivity contribution in [2.24, 2.45) is 7.05 Å². The van der Waals surface area contributed by atoms with Crippen molar-refractivity contribution < 1.29 is 8.78 Å². The van der Waals surface area contributed by atoms with Crippen molar-refractivity contribution in [2.45, 2.75) is 6.42 Å². The summed E-state index contributed by atoms with van der Waals surface area (Å²) in [6.07, 6.45) is 1.54. The van der Waals surface area contributed by atoms with Gasteiger partial charge in [-0.05, 0) is 42.0 Å². The van der Waals surface area contributed by atoms with E-state index in [9.17, 15) is 13.6 Å². The van der Waals surface area contributed by atoms with E-state index >= 15 is 0 Å². The number of fused-ring (bicyclic) bond motifs is 1. The molecular formula is C19H13ClF2N4O. The number of imidazole rings is 1. The summed E-state index contributed by atoms with van der Waals surface area (Å²) in [6.45, 7) is 0. The number of nitrogens with zero attached hydrogens (tertiary/aromatic N) is 4. The molecule has 0 amide bonds. The SMILES string of the molecule is Cn1cnc2c(=O)n(-c3ccc(F)cc3)c(Cc3ccc(Cl)cc3F)nc21. The maximum Gasteiger partial charge on any atom is 0.286 e. The molecule has 2 aromatic heterocycles. The van der Waals surface area contributed by atoms with Crippen LogP contribution in [0.5, 0.6) is 0 Å². The third kappa shape index (κ3) is 3.10. The molecule has 27 heavy (non-hydrogen) atoms. The summed E-state index contributed by atoms with van der Waals surface area (Å²) in [5.74, 6) is -0.611. The second-order valence-electron chi connectivity index (χ2n) is 6.09. The largest absolute Gasteiger partial charge is 0.318 e. The first-order valence-corrected chi connectivity index (χ1v) is 8.44. The Kier molecular flexibility index (Phi) is 4.24. The fourth-order valence-electron chi connectivity index (χ4n) is 2.91. The zero-order valence-corrected chi connectivity index (χ0v) is 14.9. The summed E-state index contributed by atoms with van der Waals surface area (Å²) in [7, 11) is 1.72. The van der Waals surface area contributed by atoms with Gasteiger partial charge in [0, 0.05) is 18.5 Å². The first-order chi connectivity index (χ1) is 12.9. The molecule has 2 heterocycles. The summed E-state index contributed by atoms with van der Waals surface area (Å²) in [4.78, 5) is 21.6. The highest BCUT2D eigenvalue weighted by atomic mass is 35.5. The maximum absolute atomic E-state index is 14.3. The van der Waals surface area contributed by atoms with Crippen molar-refractivity contribution in [2.75, 3.05) is 0 Å². The van der Waals surface area contributed by atoms with Crippen molar-refractivity contribution in [1.29, 1.82) is 0 Å². The number of rotatable bonds is 3. The van der Waals surface area contributed by atoms with Gasteiger partial charge in [-0.25, -0.2) is 18.7 Å². The zero-order valence-electron chi connectivity index (χ0n) is 14.2. The van der Waals surface area contributed by atoms with Gasteiger partial charge < -0.3 is 4.57 Å². The third-order valence-electron chi connectivity index (χ3n) is 4.25. The molecule has 0 saturated carbocycles. The van der Waals surface area contributed by atoms with E-state index in [1.165, 1.54) is 41.2 Å². The van der Waals surface area contributed by atoms with Crippen LogP contribution in [-0.2, 0) is 13.5 Å². The average molecular weight is 387 g/mol. The number of benzene rings is 2. The van der Waals surface area contributed by atoms with Crippen LogP contribution in [0.25, 0.3) is 16.9 Å². The number of hydrogen-bond donors (Lipinski definition) is 0. The molecule has 0 fully saturated rings. The van der Waals surface area contributed by atoms with Crippen molar-refractivity contribution >= 4 is 22.8 Å². The Labute approximate surface area is 157 Å². The molecule has 2 aromatic carbocycles. The summed E-state index contributed by atoms with van der Waals surface area (Å²) >= 11 is 5.81. The van der Waals surface area contributed by atoms with Gasteiger partial charge >= 0.3 is 0 Å². The van der Waals surface area contributed by atoms with Crippen LogP contribution < -0.4 is 5.56 Å². The predicted octanol–water partition coefficient (Wildman–Crippen LogP) is 3.64. The van der Waals surface area contributed by atoms with E-state index in [1.807, 2.05) is 0 Å². The molecule has 0 atom stereocenters. The van der Waals surface area contributed by atoms with Gasteiger partial charge in [-0.3, -0.25) is 9.36 Å². The normalized spacial score (nSPS) is 11.3. The Bertz CT molecular complexity index is 1220. The van der Waals surface area contributed by atoms with Gasteiger partial charge in [0.05, 0.1) is 12.0 Å². The molecule has 0 N–H and O–H groups in total. The molecule has 0 radical (unpaired) electrons. The number of halogens is 3. The van der Waals surface area contributed by atoms with Crippen LogP contribution in [0.3, 0.4) is 0 Å². The first kappa shape index (κ1) is 17.4. The second-order valence-corrected chi connectivity index (χ2v) is 6.52. The van der Waals surface area contributed by atoms with Crippen LogP contribution in [0.4, 0.5) is 8.78 Å². The highest BCUT2D eigenvalue weighted by molar-refractivity contribution is 6.30. The van der Waals surface area contributed by atoms with Gasteiger partial charge in [0.2, 0.25) is 0 Å². The van der Waals surface area contributed by atoms with E-state index < -0.39 is 17.2 Å². The second kappa shape index (κ2) is 6.59. The Morgan fingerprint density at radius 1 is 1.11 bits per heavy atom. The quantitative estimate of drug-likeness (QED) is 0.540. The maximum atomic E-state index is 14.3. The fraction of sp³-hybridized carbons (Fsp3) is 0.105. The van der Waals surface area contributed by atoms with Crippen LogP contribution in [0.15, 0.2) is 53.6 Å². The van der Waals surface area contributed by atoms with Crippen LogP contribution in [0.2, 0.25) is 5.02 Å². The predicted molar refractivity (Wildman–Crippen MR) is 98.3 cm³/mol. The summed E-state index contributed by atoms with van der Waals surface area (Å²) < 4.78 is 30.5. The van der Waals surface area contributed by atoms with E-state index in [1.54, 1.807) is 23.7 Å². The molecule has 8 heteroatoms. The highest BCUT2D eigenvalue weighted by Gasteiger charge is 2.17. The monoisotopic (exact) mass is 386 g/mol. The van der Waals surface area contributed by atoms with Crippen LogP contribution in [0, 0.1) is 11.6 Å². The number of hydrogen-bond acceptors (Lipinski definition) is 3. The Morgan fingerprint density at radius 3 is 2.56 bits per heavy atom. The summed E-state index contributed by atoms with van der Waals surface area (Å²) in [6, 6.07) is 9.76. The molecule has 4 rings (SSSR count). The van der Waals surface area contributed by atoms with Gasteiger partial charge in [-0.2, -0.15) is 0 Å². The Hall–Kier alpha value is -3.06. The van der Waals surface area contributed by atoms with Crippen molar-refractivity contribution in [3.05, 3.63) is 87.2 Å². The molecule has 0 saturated heterocycles. The topological polar surface area (TPSA) is 52.7 Å². The smallest absolute Gasteiger partial charge is 0.286 e. The van der Waals surface area contributed by atoms with Gasteiger partial charge in [0.1, 0.15) is 17.5 Å². The van der Waals surface area contributed by atoms with E-state index in [2.05, 4.69) is 9.97 Å². The number of aromatic nitrogens is 4.